The fourth-order valence-corrected chi connectivity index (χ4v) is 2.17. The molecular weight excluding hydrogens is 232 g/mol. The molecule has 0 bridgehead atoms. The van der Waals surface area contributed by atoms with Crippen molar-refractivity contribution in [3.63, 3.8) is 0 Å². The molecule has 96 valence electrons. The third-order valence-electron chi connectivity index (χ3n) is 3.33. The van der Waals surface area contributed by atoms with E-state index in [2.05, 4.69) is 4.98 Å². The lowest BCUT2D eigenvalue weighted by Crippen LogP contribution is -2.34. The maximum Gasteiger partial charge on any atom is 0.263 e. The van der Waals surface area contributed by atoms with Gasteiger partial charge in [-0.2, -0.15) is 0 Å². The Morgan fingerprint density at radius 2 is 2.06 bits per heavy atom. The first-order valence-corrected chi connectivity index (χ1v) is 6.10. The fraction of sp³-hybridized carbons (Fsp3) is 0.462. The van der Waals surface area contributed by atoms with Crippen molar-refractivity contribution in [1.29, 1.82) is 0 Å². The van der Waals surface area contributed by atoms with Crippen molar-refractivity contribution in [1.82, 2.24) is 9.88 Å². The maximum atomic E-state index is 12.1. The van der Waals surface area contributed by atoms with Gasteiger partial charge in [0.05, 0.1) is 11.1 Å². The summed E-state index contributed by atoms with van der Waals surface area (Å²) in [6.07, 6.45) is 4.37. The Kier molecular flexibility index (Phi) is 3.72. The van der Waals surface area contributed by atoms with Crippen LogP contribution in [-0.4, -0.2) is 40.0 Å². The first-order chi connectivity index (χ1) is 8.69. The van der Waals surface area contributed by atoms with E-state index in [-0.39, 0.29) is 24.3 Å². The minimum Gasteiger partial charge on any atom is -0.396 e. The molecule has 0 aliphatic carbocycles. The van der Waals surface area contributed by atoms with Gasteiger partial charge in [0.1, 0.15) is 0 Å². The van der Waals surface area contributed by atoms with Crippen molar-refractivity contribution in [3.8, 4) is 0 Å². The molecule has 2 amide bonds. The Labute approximate surface area is 105 Å². The molecule has 0 fully saturated rings. The summed E-state index contributed by atoms with van der Waals surface area (Å²) in [5, 5.41) is 8.95. The van der Waals surface area contributed by atoms with Gasteiger partial charge in [0.2, 0.25) is 0 Å². The predicted octanol–water partition coefficient (Wildman–Crippen LogP) is 1.09. The molecule has 2 rings (SSSR count). The number of aromatic nitrogens is 1. The van der Waals surface area contributed by atoms with Crippen molar-refractivity contribution in [2.75, 3.05) is 13.2 Å². The number of aliphatic hydroxyl groups excluding tert-OH is 1. The molecule has 18 heavy (non-hydrogen) atoms. The van der Waals surface area contributed by atoms with Crippen molar-refractivity contribution >= 4 is 11.8 Å². The summed E-state index contributed by atoms with van der Waals surface area (Å²) in [4.78, 5) is 29.3. The van der Waals surface area contributed by atoms with Gasteiger partial charge in [0, 0.05) is 25.5 Å². The van der Waals surface area contributed by atoms with Crippen LogP contribution in [0.2, 0.25) is 0 Å². The largest absolute Gasteiger partial charge is 0.396 e. The molecule has 0 saturated carbocycles. The predicted molar refractivity (Wildman–Crippen MR) is 65.1 cm³/mol. The van der Waals surface area contributed by atoms with Gasteiger partial charge in [-0.05, 0) is 18.4 Å². The van der Waals surface area contributed by atoms with Gasteiger partial charge >= 0.3 is 0 Å². The standard InChI is InChI=1S/C13H16N2O3/c1-2-9(4-6-16)8-15-12(17)10-3-5-14-7-11(10)13(15)18/h3,5,7,9,16H,2,4,6,8H2,1H3. The molecule has 1 aliphatic rings. The normalized spacial score (nSPS) is 16.0. The Hall–Kier alpha value is -1.75. The molecule has 1 unspecified atom stereocenters. The van der Waals surface area contributed by atoms with E-state index in [0.717, 1.165) is 6.42 Å². The monoisotopic (exact) mass is 248 g/mol. The van der Waals surface area contributed by atoms with Crippen molar-refractivity contribution in [2.24, 2.45) is 5.92 Å². The number of pyridine rings is 1. The first-order valence-electron chi connectivity index (χ1n) is 6.10. The van der Waals surface area contributed by atoms with Crippen molar-refractivity contribution in [2.45, 2.75) is 19.8 Å². The molecule has 1 aromatic heterocycles. The summed E-state index contributed by atoms with van der Waals surface area (Å²) in [6.45, 7) is 2.42. The van der Waals surface area contributed by atoms with E-state index in [1.807, 2.05) is 6.92 Å². The van der Waals surface area contributed by atoms with Crippen LogP contribution in [0.1, 0.15) is 40.5 Å². The molecule has 5 heteroatoms. The Bertz CT molecular complexity index is 438. The van der Waals surface area contributed by atoms with Crippen molar-refractivity contribution < 1.29 is 14.7 Å². The number of imide groups is 1. The van der Waals surface area contributed by atoms with Gasteiger partial charge in [-0.25, -0.2) is 0 Å². The molecule has 1 aromatic rings. The Morgan fingerprint density at radius 3 is 2.67 bits per heavy atom. The van der Waals surface area contributed by atoms with Crippen LogP contribution in [-0.2, 0) is 0 Å². The lowest BCUT2D eigenvalue weighted by atomic mass is 10.0. The van der Waals surface area contributed by atoms with Crippen molar-refractivity contribution in [3.05, 3.63) is 29.6 Å². The number of nitrogens with zero attached hydrogens (tertiary/aromatic N) is 2. The van der Waals surface area contributed by atoms with Crippen LogP contribution < -0.4 is 0 Å². The molecule has 0 spiro atoms. The highest BCUT2D eigenvalue weighted by atomic mass is 16.3. The molecule has 1 atom stereocenters. The summed E-state index contributed by atoms with van der Waals surface area (Å²) in [7, 11) is 0. The van der Waals surface area contributed by atoms with E-state index in [9.17, 15) is 9.59 Å². The number of rotatable bonds is 5. The minimum absolute atomic E-state index is 0.0727. The quantitative estimate of drug-likeness (QED) is 0.792. The second-order valence-corrected chi connectivity index (χ2v) is 4.43. The summed E-state index contributed by atoms with van der Waals surface area (Å²) >= 11 is 0. The smallest absolute Gasteiger partial charge is 0.263 e. The Balaban J connectivity index is 2.18. The van der Waals surface area contributed by atoms with Crippen LogP contribution in [0, 0.1) is 5.92 Å². The molecule has 0 aromatic carbocycles. The molecular formula is C13H16N2O3. The van der Waals surface area contributed by atoms with Gasteiger partial charge < -0.3 is 5.11 Å². The average molecular weight is 248 g/mol. The van der Waals surface area contributed by atoms with E-state index >= 15 is 0 Å². The van der Waals surface area contributed by atoms with Gasteiger partial charge in [-0.1, -0.05) is 13.3 Å². The third-order valence-corrected chi connectivity index (χ3v) is 3.33. The summed E-state index contributed by atoms with van der Waals surface area (Å²) in [5.41, 5.74) is 0.801. The highest BCUT2D eigenvalue weighted by Gasteiger charge is 2.36. The lowest BCUT2D eigenvalue weighted by molar-refractivity contribution is 0.0618. The topological polar surface area (TPSA) is 70.5 Å². The second-order valence-electron chi connectivity index (χ2n) is 4.43. The lowest BCUT2D eigenvalue weighted by Gasteiger charge is -2.20. The van der Waals surface area contributed by atoms with Crippen LogP contribution in [0.15, 0.2) is 18.5 Å². The number of aliphatic hydroxyl groups is 1. The van der Waals surface area contributed by atoms with E-state index < -0.39 is 0 Å². The van der Waals surface area contributed by atoms with E-state index in [1.54, 1.807) is 6.07 Å². The number of carbonyl (C=O) groups excluding carboxylic acids is 2. The summed E-state index contributed by atoms with van der Waals surface area (Å²) < 4.78 is 0. The molecule has 0 radical (unpaired) electrons. The Morgan fingerprint density at radius 1 is 1.33 bits per heavy atom. The van der Waals surface area contributed by atoms with Gasteiger partial charge in [0.15, 0.2) is 0 Å². The van der Waals surface area contributed by atoms with Crippen LogP contribution in [0.5, 0.6) is 0 Å². The van der Waals surface area contributed by atoms with E-state index in [1.165, 1.54) is 17.3 Å². The zero-order chi connectivity index (χ0) is 13.1. The van der Waals surface area contributed by atoms with Gasteiger partial charge in [-0.15, -0.1) is 0 Å². The number of fused-ring (bicyclic) bond motifs is 1. The fourth-order valence-electron chi connectivity index (χ4n) is 2.17. The van der Waals surface area contributed by atoms with E-state index in [4.69, 9.17) is 5.11 Å². The summed E-state index contributed by atoms with van der Waals surface area (Å²) in [5.74, 6) is -0.390. The van der Waals surface area contributed by atoms with E-state index in [0.29, 0.717) is 24.1 Å². The highest BCUT2D eigenvalue weighted by molar-refractivity contribution is 6.21. The number of hydrogen-bond acceptors (Lipinski definition) is 4. The van der Waals surface area contributed by atoms with Gasteiger partial charge in [0.25, 0.3) is 11.8 Å². The molecule has 1 N–H and O–H groups in total. The van der Waals surface area contributed by atoms with Gasteiger partial charge in [-0.3, -0.25) is 19.5 Å². The third kappa shape index (κ3) is 2.13. The van der Waals surface area contributed by atoms with Crippen LogP contribution in [0.25, 0.3) is 0 Å². The molecule has 5 nitrogen and oxygen atoms in total. The zero-order valence-corrected chi connectivity index (χ0v) is 10.3. The van der Waals surface area contributed by atoms with Crippen LogP contribution in [0.4, 0.5) is 0 Å². The van der Waals surface area contributed by atoms with Crippen LogP contribution in [0.3, 0.4) is 0 Å². The number of carbonyl (C=O) groups is 2. The molecule has 1 aliphatic heterocycles. The second kappa shape index (κ2) is 5.27. The zero-order valence-electron chi connectivity index (χ0n) is 10.3. The maximum absolute atomic E-state index is 12.1. The molecule has 0 saturated heterocycles. The average Bonchev–Trinajstić information content (AvgIpc) is 2.64. The summed E-state index contributed by atoms with van der Waals surface area (Å²) in [6, 6.07) is 1.57. The first kappa shape index (κ1) is 12.7. The highest BCUT2D eigenvalue weighted by Crippen LogP contribution is 2.23. The molecule has 2 heterocycles. The SMILES string of the molecule is CCC(CCO)CN1C(=O)c2ccncc2C1=O. The minimum atomic E-state index is -0.278. The number of amides is 2. The van der Waals surface area contributed by atoms with Crippen LogP contribution >= 0.6 is 0 Å². The number of hydrogen-bond donors (Lipinski definition) is 1.